The topological polar surface area (TPSA) is 49.3 Å². The molecule has 16 heavy (non-hydrogen) atoms. The molecule has 0 aromatic heterocycles. The quantitative estimate of drug-likeness (QED) is 0.872. The van der Waals surface area contributed by atoms with E-state index in [1.807, 2.05) is 0 Å². The van der Waals surface area contributed by atoms with Gasteiger partial charge in [0.2, 0.25) is 5.91 Å². The van der Waals surface area contributed by atoms with Gasteiger partial charge in [0.1, 0.15) is 0 Å². The van der Waals surface area contributed by atoms with Gasteiger partial charge in [-0.2, -0.15) is 0 Å². The van der Waals surface area contributed by atoms with Crippen LogP contribution in [0, 0.1) is 0 Å². The number of carbonyl (C=O) groups is 1. The Kier molecular flexibility index (Phi) is 5.06. The van der Waals surface area contributed by atoms with Gasteiger partial charge < -0.3 is 10.4 Å². The molecule has 0 bridgehead atoms. The van der Waals surface area contributed by atoms with E-state index in [1.165, 1.54) is 0 Å². The minimum absolute atomic E-state index is 0.0763. The first-order valence-corrected chi connectivity index (χ1v) is 5.62. The monoisotopic (exact) mass is 261 g/mol. The van der Waals surface area contributed by atoms with Crippen LogP contribution in [0.1, 0.15) is 12.5 Å². The maximum absolute atomic E-state index is 11.5. The Morgan fingerprint density at radius 2 is 2.12 bits per heavy atom. The number of hydrogen-bond acceptors (Lipinski definition) is 2. The Hall–Kier alpha value is -0.770. The molecule has 0 spiro atoms. The van der Waals surface area contributed by atoms with Crippen molar-refractivity contribution in [1.29, 1.82) is 0 Å². The van der Waals surface area contributed by atoms with E-state index in [0.29, 0.717) is 10.0 Å². The number of amides is 1. The van der Waals surface area contributed by atoms with Gasteiger partial charge in [-0.3, -0.25) is 4.79 Å². The summed E-state index contributed by atoms with van der Waals surface area (Å²) in [5.41, 5.74) is 0.789. The van der Waals surface area contributed by atoms with Gasteiger partial charge in [0.15, 0.2) is 0 Å². The average Bonchev–Trinajstić information content (AvgIpc) is 2.23. The number of aliphatic hydroxyl groups excluding tert-OH is 1. The van der Waals surface area contributed by atoms with E-state index in [2.05, 4.69) is 5.32 Å². The van der Waals surface area contributed by atoms with Crippen LogP contribution in [0.3, 0.4) is 0 Å². The fourth-order valence-corrected chi connectivity index (χ4v) is 1.53. The summed E-state index contributed by atoms with van der Waals surface area (Å²) >= 11 is 11.6. The lowest BCUT2D eigenvalue weighted by molar-refractivity contribution is -0.121. The average molecular weight is 262 g/mol. The first-order valence-electron chi connectivity index (χ1n) is 4.87. The smallest absolute Gasteiger partial charge is 0.224 e. The summed E-state index contributed by atoms with van der Waals surface area (Å²) in [7, 11) is 0. The highest BCUT2D eigenvalue weighted by Gasteiger charge is 2.08. The highest BCUT2D eigenvalue weighted by Crippen LogP contribution is 2.22. The fraction of sp³-hybridized carbons (Fsp3) is 0.364. The van der Waals surface area contributed by atoms with Crippen LogP contribution in [0.4, 0.5) is 0 Å². The van der Waals surface area contributed by atoms with Crippen molar-refractivity contribution in [3.05, 3.63) is 33.8 Å². The number of rotatable bonds is 4. The van der Waals surface area contributed by atoms with E-state index in [0.717, 1.165) is 5.56 Å². The molecule has 0 fully saturated rings. The van der Waals surface area contributed by atoms with Gasteiger partial charge in [-0.25, -0.2) is 0 Å². The molecule has 0 saturated carbocycles. The normalized spacial score (nSPS) is 12.2. The molecule has 1 aromatic rings. The molecule has 0 saturated heterocycles. The highest BCUT2D eigenvalue weighted by molar-refractivity contribution is 6.42. The minimum Gasteiger partial charge on any atom is -0.394 e. The summed E-state index contributed by atoms with van der Waals surface area (Å²) in [5.74, 6) is -0.153. The van der Waals surface area contributed by atoms with Crippen LogP contribution in [0.5, 0.6) is 0 Å². The molecule has 0 unspecified atom stereocenters. The van der Waals surface area contributed by atoms with E-state index in [-0.39, 0.29) is 25.0 Å². The highest BCUT2D eigenvalue weighted by atomic mass is 35.5. The van der Waals surface area contributed by atoms with Gasteiger partial charge in [0.05, 0.1) is 23.1 Å². The maximum Gasteiger partial charge on any atom is 0.224 e. The predicted octanol–water partition coefficient (Wildman–Crippen LogP) is 2.03. The lowest BCUT2D eigenvalue weighted by Crippen LogP contribution is -2.35. The van der Waals surface area contributed by atoms with Gasteiger partial charge in [0.25, 0.3) is 0 Å². The summed E-state index contributed by atoms with van der Waals surface area (Å²) < 4.78 is 0. The summed E-state index contributed by atoms with van der Waals surface area (Å²) in [5, 5.41) is 12.3. The third kappa shape index (κ3) is 4.00. The Bertz CT molecular complexity index is 382. The molecule has 1 amide bonds. The number of carbonyl (C=O) groups excluding carboxylic acids is 1. The van der Waals surface area contributed by atoms with Crippen LogP contribution in [-0.4, -0.2) is 23.7 Å². The van der Waals surface area contributed by atoms with E-state index in [4.69, 9.17) is 28.3 Å². The van der Waals surface area contributed by atoms with Crippen LogP contribution in [-0.2, 0) is 11.2 Å². The number of halogens is 2. The first-order chi connectivity index (χ1) is 7.52. The van der Waals surface area contributed by atoms with Crippen LogP contribution >= 0.6 is 23.2 Å². The molecule has 0 aliphatic carbocycles. The Labute approximate surface area is 104 Å². The SMILES string of the molecule is C[C@H](CO)NC(=O)Cc1ccc(Cl)c(Cl)c1. The second-order valence-corrected chi connectivity index (χ2v) is 4.39. The zero-order valence-corrected chi connectivity index (χ0v) is 10.3. The van der Waals surface area contributed by atoms with Gasteiger partial charge in [-0.15, -0.1) is 0 Å². The van der Waals surface area contributed by atoms with Crippen molar-refractivity contribution in [2.45, 2.75) is 19.4 Å². The van der Waals surface area contributed by atoms with Crippen LogP contribution in [0.25, 0.3) is 0 Å². The molecule has 3 nitrogen and oxygen atoms in total. The van der Waals surface area contributed by atoms with E-state index >= 15 is 0 Å². The molecule has 88 valence electrons. The fourth-order valence-electron chi connectivity index (χ4n) is 1.21. The molecule has 0 heterocycles. The number of benzene rings is 1. The molecule has 0 aliphatic heterocycles. The molecular weight excluding hydrogens is 249 g/mol. The van der Waals surface area contributed by atoms with Gasteiger partial charge in [-0.1, -0.05) is 29.3 Å². The van der Waals surface area contributed by atoms with Crippen molar-refractivity contribution >= 4 is 29.1 Å². The van der Waals surface area contributed by atoms with E-state index in [9.17, 15) is 4.79 Å². The zero-order chi connectivity index (χ0) is 12.1. The van der Waals surface area contributed by atoms with Crippen LogP contribution in [0.15, 0.2) is 18.2 Å². The third-order valence-corrected chi connectivity index (χ3v) is 2.77. The molecule has 2 N–H and O–H groups in total. The van der Waals surface area contributed by atoms with Crippen LogP contribution in [0.2, 0.25) is 10.0 Å². The lowest BCUT2D eigenvalue weighted by atomic mass is 10.1. The van der Waals surface area contributed by atoms with Crippen molar-refractivity contribution in [2.75, 3.05) is 6.61 Å². The zero-order valence-electron chi connectivity index (χ0n) is 8.84. The second kappa shape index (κ2) is 6.09. The van der Waals surface area contributed by atoms with Crippen molar-refractivity contribution < 1.29 is 9.90 Å². The lowest BCUT2D eigenvalue weighted by Gasteiger charge is -2.10. The summed E-state index contributed by atoms with van der Waals surface area (Å²) in [4.78, 5) is 11.5. The Morgan fingerprint density at radius 3 is 2.69 bits per heavy atom. The Morgan fingerprint density at radius 1 is 1.44 bits per heavy atom. The summed E-state index contributed by atoms with van der Waals surface area (Å²) in [6.07, 6.45) is 0.223. The number of aliphatic hydroxyl groups is 1. The number of nitrogens with one attached hydrogen (secondary N) is 1. The molecule has 1 aromatic carbocycles. The molecule has 0 aliphatic rings. The van der Waals surface area contributed by atoms with E-state index in [1.54, 1.807) is 25.1 Å². The van der Waals surface area contributed by atoms with Crippen molar-refractivity contribution in [3.63, 3.8) is 0 Å². The summed E-state index contributed by atoms with van der Waals surface area (Å²) in [6.45, 7) is 1.65. The molecule has 0 radical (unpaired) electrons. The molecule has 5 heteroatoms. The predicted molar refractivity (Wildman–Crippen MR) is 64.9 cm³/mol. The molecular formula is C11H13Cl2NO2. The largest absolute Gasteiger partial charge is 0.394 e. The minimum atomic E-state index is -0.240. The third-order valence-electron chi connectivity index (χ3n) is 2.03. The van der Waals surface area contributed by atoms with Crippen molar-refractivity contribution in [3.8, 4) is 0 Å². The Balaban J connectivity index is 2.59. The maximum atomic E-state index is 11.5. The van der Waals surface area contributed by atoms with Crippen molar-refractivity contribution in [2.24, 2.45) is 0 Å². The van der Waals surface area contributed by atoms with Crippen molar-refractivity contribution in [1.82, 2.24) is 5.32 Å². The van der Waals surface area contributed by atoms with E-state index < -0.39 is 0 Å². The van der Waals surface area contributed by atoms with Crippen LogP contribution < -0.4 is 5.32 Å². The second-order valence-electron chi connectivity index (χ2n) is 3.58. The molecule has 1 rings (SSSR count). The van der Waals surface area contributed by atoms with Gasteiger partial charge >= 0.3 is 0 Å². The van der Waals surface area contributed by atoms with Gasteiger partial charge in [0, 0.05) is 6.04 Å². The summed E-state index contributed by atoms with van der Waals surface area (Å²) in [6, 6.07) is 4.82. The number of hydrogen-bond donors (Lipinski definition) is 2. The standard InChI is InChI=1S/C11H13Cl2NO2/c1-7(6-15)14-11(16)5-8-2-3-9(12)10(13)4-8/h2-4,7,15H,5-6H2,1H3,(H,14,16)/t7-/m1/s1. The molecule has 1 atom stereocenters. The van der Waals surface area contributed by atoms with Gasteiger partial charge in [-0.05, 0) is 24.6 Å². The first kappa shape index (κ1) is 13.3.